The molecule has 0 heterocycles. The molecule has 2 aliphatic rings. The molecule has 0 aromatic heterocycles. The van der Waals surface area contributed by atoms with Gasteiger partial charge >= 0.3 is 0 Å². The Morgan fingerprint density at radius 2 is 2.00 bits per heavy atom. The Morgan fingerprint density at radius 3 is 2.65 bits per heavy atom. The van der Waals surface area contributed by atoms with E-state index in [-0.39, 0.29) is 0 Å². The summed E-state index contributed by atoms with van der Waals surface area (Å²) in [6.45, 7) is 2.12. The van der Waals surface area contributed by atoms with Crippen LogP contribution in [0.1, 0.15) is 44.1 Å². The topological polar surface area (TPSA) is 21.3 Å². The molecule has 3 rings (SSSR count). The van der Waals surface area contributed by atoms with Gasteiger partial charge in [0.15, 0.2) is 0 Å². The van der Waals surface area contributed by atoms with Gasteiger partial charge < -0.3 is 10.1 Å². The quantitative estimate of drug-likeness (QED) is 0.879. The van der Waals surface area contributed by atoms with Crippen molar-refractivity contribution in [3.8, 4) is 5.75 Å². The summed E-state index contributed by atoms with van der Waals surface area (Å²) in [7, 11) is 2.10. The first-order valence-corrected chi connectivity index (χ1v) is 8.55. The molecule has 0 bridgehead atoms. The zero-order chi connectivity index (χ0) is 14.2. The zero-order valence-corrected chi connectivity index (χ0v) is 14.0. The number of nitrogens with one attached hydrogen (secondary N) is 1. The lowest BCUT2D eigenvalue weighted by molar-refractivity contribution is -0.100. The smallest absolute Gasteiger partial charge is 0.120 e. The molecule has 0 aliphatic heterocycles. The van der Waals surface area contributed by atoms with Gasteiger partial charge in [-0.3, -0.25) is 0 Å². The molecule has 2 saturated carbocycles. The van der Waals surface area contributed by atoms with Gasteiger partial charge in [0, 0.05) is 22.4 Å². The monoisotopic (exact) mass is 337 g/mol. The van der Waals surface area contributed by atoms with Gasteiger partial charge in [0.2, 0.25) is 0 Å². The van der Waals surface area contributed by atoms with E-state index in [9.17, 15) is 0 Å². The SMILES string of the molecule is CNC1CC(Oc2ccc(Br)c(C)c2)C12CCCCC2. The molecule has 0 amide bonds. The Balaban J connectivity index is 1.75. The van der Waals surface area contributed by atoms with E-state index in [0.717, 1.165) is 16.6 Å². The molecule has 20 heavy (non-hydrogen) atoms. The fourth-order valence-electron chi connectivity index (χ4n) is 4.05. The van der Waals surface area contributed by atoms with Gasteiger partial charge in [-0.25, -0.2) is 0 Å². The maximum atomic E-state index is 6.35. The van der Waals surface area contributed by atoms with E-state index in [2.05, 4.69) is 53.4 Å². The predicted molar refractivity (Wildman–Crippen MR) is 86.3 cm³/mol. The van der Waals surface area contributed by atoms with E-state index in [0.29, 0.717) is 17.6 Å². The fraction of sp³-hybridized carbons (Fsp3) is 0.647. The maximum Gasteiger partial charge on any atom is 0.120 e. The summed E-state index contributed by atoms with van der Waals surface area (Å²) in [5, 5.41) is 3.51. The molecule has 1 spiro atoms. The highest BCUT2D eigenvalue weighted by atomic mass is 79.9. The first kappa shape index (κ1) is 14.4. The molecule has 2 atom stereocenters. The van der Waals surface area contributed by atoms with Crippen molar-refractivity contribution in [3.05, 3.63) is 28.2 Å². The van der Waals surface area contributed by atoms with Gasteiger partial charge in [-0.2, -0.15) is 0 Å². The summed E-state index contributed by atoms with van der Waals surface area (Å²) in [6, 6.07) is 6.96. The molecule has 3 heteroatoms. The van der Waals surface area contributed by atoms with E-state index < -0.39 is 0 Å². The Morgan fingerprint density at radius 1 is 1.25 bits per heavy atom. The Bertz CT molecular complexity index is 482. The number of rotatable bonds is 3. The minimum Gasteiger partial charge on any atom is -0.490 e. The normalized spacial score (nSPS) is 28.1. The van der Waals surface area contributed by atoms with E-state index in [1.54, 1.807) is 0 Å². The van der Waals surface area contributed by atoms with Crippen LogP contribution in [0.4, 0.5) is 0 Å². The standard InChI is InChI=1S/C17H24BrNO/c1-12-10-13(6-7-14(12)18)20-16-11-15(19-2)17(16)8-4-3-5-9-17/h6-7,10,15-16,19H,3-5,8-9,11H2,1-2H3. The van der Waals surface area contributed by atoms with E-state index >= 15 is 0 Å². The second-order valence-electron chi connectivity index (χ2n) is 6.39. The largest absolute Gasteiger partial charge is 0.490 e. The number of hydrogen-bond donors (Lipinski definition) is 1. The van der Waals surface area contributed by atoms with Crippen LogP contribution >= 0.6 is 15.9 Å². The molecular weight excluding hydrogens is 314 g/mol. The molecule has 1 aromatic rings. The number of benzene rings is 1. The molecule has 110 valence electrons. The van der Waals surface area contributed by atoms with Crippen molar-refractivity contribution in [1.82, 2.24) is 5.32 Å². The van der Waals surface area contributed by atoms with Gasteiger partial charge in [-0.1, -0.05) is 35.2 Å². The average Bonchev–Trinajstić information content (AvgIpc) is 2.47. The fourth-order valence-corrected chi connectivity index (χ4v) is 4.30. The minimum atomic E-state index is 0.383. The zero-order valence-electron chi connectivity index (χ0n) is 12.4. The van der Waals surface area contributed by atoms with Gasteiger partial charge in [0.1, 0.15) is 11.9 Å². The summed E-state index contributed by atoms with van der Waals surface area (Å²) in [4.78, 5) is 0. The predicted octanol–water partition coefficient (Wildman–Crippen LogP) is 4.45. The molecule has 2 aliphatic carbocycles. The summed E-state index contributed by atoms with van der Waals surface area (Å²) in [5.74, 6) is 1.02. The summed E-state index contributed by atoms with van der Waals surface area (Å²) < 4.78 is 7.50. The van der Waals surface area contributed by atoms with E-state index in [4.69, 9.17) is 4.74 Å². The Hall–Kier alpha value is -0.540. The van der Waals surface area contributed by atoms with Crippen LogP contribution in [0, 0.1) is 12.3 Å². The Kier molecular flexibility index (Phi) is 4.09. The van der Waals surface area contributed by atoms with Gasteiger partial charge in [-0.05, 0) is 50.6 Å². The summed E-state index contributed by atoms with van der Waals surface area (Å²) >= 11 is 3.55. The third kappa shape index (κ3) is 2.39. The molecule has 2 fully saturated rings. The molecule has 1 N–H and O–H groups in total. The van der Waals surface area contributed by atoms with E-state index in [1.807, 2.05) is 0 Å². The average molecular weight is 338 g/mol. The minimum absolute atomic E-state index is 0.383. The lowest BCUT2D eigenvalue weighted by Gasteiger charge is -2.57. The third-order valence-electron chi connectivity index (χ3n) is 5.33. The van der Waals surface area contributed by atoms with Gasteiger partial charge in [0.25, 0.3) is 0 Å². The van der Waals surface area contributed by atoms with Crippen molar-refractivity contribution < 1.29 is 4.74 Å². The van der Waals surface area contributed by atoms with Crippen molar-refractivity contribution >= 4 is 15.9 Å². The number of ether oxygens (including phenoxy) is 1. The second-order valence-corrected chi connectivity index (χ2v) is 7.24. The molecule has 2 nitrogen and oxygen atoms in total. The van der Waals surface area contributed by atoms with E-state index in [1.165, 1.54) is 37.7 Å². The number of halogens is 1. The van der Waals surface area contributed by atoms with Crippen LogP contribution in [0.15, 0.2) is 22.7 Å². The van der Waals surface area contributed by atoms with Crippen LogP contribution < -0.4 is 10.1 Å². The van der Waals surface area contributed by atoms with Crippen LogP contribution in [-0.4, -0.2) is 19.2 Å². The third-order valence-corrected chi connectivity index (χ3v) is 6.22. The molecular formula is C17H24BrNO. The van der Waals surface area contributed by atoms with Crippen LogP contribution in [0.5, 0.6) is 5.75 Å². The van der Waals surface area contributed by atoms with Crippen LogP contribution in [0.2, 0.25) is 0 Å². The highest BCUT2D eigenvalue weighted by Gasteiger charge is 2.55. The molecule has 2 unspecified atom stereocenters. The molecule has 1 aromatic carbocycles. The lowest BCUT2D eigenvalue weighted by Crippen LogP contribution is -2.64. The number of aryl methyl sites for hydroxylation is 1. The summed E-state index contributed by atoms with van der Waals surface area (Å²) in [6.07, 6.45) is 8.28. The number of hydrogen-bond acceptors (Lipinski definition) is 2. The van der Waals surface area contributed by atoms with Crippen molar-refractivity contribution in [3.63, 3.8) is 0 Å². The van der Waals surface area contributed by atoms with Gasteiger partial charge in [-0.15, -0.1) is 0 Å². The molecule has 0 radical (unpaired) electrons. The van der Waals surface area contributed by atoms with Crippen molar-refractivity contribution in [2.24, 2.45) is 5.41 Å². The van der Waals surface area contributed by atoms with Crippen molar-refractivity contribution in [2.45, 2.75) is 57.6 Å². The Labute approximate surface area is 130 Å². The van der Waals surface area contributed by atoms with Crippen LogP contribution in [0.3, 0.4) is 0 Å². The second kappa shape index (κ2) is 5.69. The maximum absolute atomic E-state index is 6.35. The van der Waals surface area contributed by atoms with Crippen molar-refractivity contribution in [1.29, 1.82) is 0 Å². The summed E-state index contributed by atoms with van der Waals surface area (Å²) in [5.41, 5.74) is 1.62. The van der Waals surface area contributed by atoms with Gasteiger partial charge in [0.05, 0.1) is 0 Å². The molecule has 0 saturated heterocycles. The highest BCUT2D eigenvalue weighted by molar-refractivity contribution is 9.10. The lowest BCUT2D eigenvalue weighted by atomic mass is 9.55. The first-order chi connectivity index (χ1) is 9.65. The van der Waals surface area contributed by atoms with Crippen LogP contribution in [0.25, 0.3) is 0 Å². The first-order valence-electron chi connectivity index (χ1n) is 7.76. The van der Waals surface area contributed by atoms with Crippen molar-refractivity contribution in [2.75, 3.05) is 7.05 Å². The highest BCUT2D eigenvalue weighted by Crippen LogP contribution is 2.53. The van der Waals surface area contributed by atoms with Crippen LogP contribution in [-0.2, 0) is 0 Å².